The van der Waals surface area contributed by atoms with Crippen LogP contribution >= 0.6 is 0 Å². The highest BCUT2D eigenvalue weighted by atomic mass is 16.5. The predicted molar refractivity (Wildman–Crippen MR) is 96.8 cm³/mol. The van der Waals surface area contributed by atoms with Crippen LogP contribution in [0.3, 0.4) is 0 Å². The largest absolute Gasteiger partial charge is 0.497 e. The molecule has 0 atom stereocenters. The second kappa shape index (κ2) is 7.35. The van der Waals surface area contributed by atoms with Gasteiger partial charge in [0.05, 0.1) is 19.3 Å². The molecule has 2 aromatic heterocycles. The molecule has 0 saturated carbocycles. The number of nitrogens with one attached hydrogen (secondary N) is 1. The quantitative estimate of drug-likeness (QED) is 0.713. The average Bonchev–Trinajstić information content (AvgIpc) is 3.29. The number of aliphatic hydroxyl groups is 1. The molecule has 136 valence electrons. The zero-order valence-electron chi connectivity index (χ0n) is 14.9. The van der Waals surface area contributed by atoms with Crippen molar-refractivity contribution < 1.29 is 14.3 Å². The van der Waals surface area contributed by atoms with E-state index in [1.165, 1.54) is 16.8 Å². The summed E-state index contributed by atoms with van der Waals surface area (Å²) in [6, 6.07) is 11.9. The van der Waals surface area contributed by atoms with Gasteiger partial charge in [0, 0.05) is 37.2 Å². The minimum Gasteiger partial charge on any atom is -0.497 e. The molecule has 0 fully saturated rings. The lowest BCUT2D eigenvalue weighted by Gasteiger charge is -2.26. The van der Waals surface area contributed by atoms with Gasteiger partial charge in [0.2, 0.25) is 0 Å². The van der Waals surface area contributed by atoms with Crippen molar-refractivity contribution in [2.45, 2.75) is 32.5 Å². The van der Waals surface area contributed by atoms with E-state index in [1.54, 1.807) is 7.11 Å². The second-order valence-electron chi connectivity index (χ2n) is 6.64. The van der Waals surface area contributed by atoms with Crippen LogP contribution in [0, 0.1) is 0 Å². The van der Waals surface area contributed by atoms with Crippen LogP contribution in [0.4, 0.5) is 0 Å². The van der Waals surface area contributed by atoms with E-state index in [-0.39, 0.29) is 6.61 Å². The fourth-order valence-corrected chi connectivity index (χ4v) is 3.44. The van der Waals surface area contributed by atoms with Crippen molar-refractivity contribution in [3.05, 3.63) is 70.4 Å². The van der Waals surface area contributed by atoms with Crippen LogP contribution in [-0.4, -0.2) is 33.9 Å². The first kappa shape index (κ1) is 16.9. The van der Waals surface area contributed by atoms with Gasteiger partial charge in [0.25, 0.3) is 0 Å². The van der Waals surface area contributed by atoms with E-state index in [4.69, 9.17) is 14.3 Å². The molecular weight excluding hydrogens is 330 g/mol. The van der Waals surface area contributed by atoms with Gasteiger partial charge in [0.1, 0.15) is 23.9 Å². The van der Waals surface area contributed by atoms with E-state index in [9.17, 15) is 0 Å². The number of ether oxygens (including phenoxy) is 1. The fourth-order valence-electron chi connectivity index (χ4n) is 3.44. The second-order valence-corrected chi connectivity index (χ2v) is 6.64. The molecule has 0 unspecified atom stereocenters. The topological polar surface area (TPSA) is 74.5 Å². The smallest absolute Gasteiger partial charge is 0.129 e. The highest BCUT2D eigenvalue weighted by Gasteiger charge is 2.22. The monoisotopic (exact) mass is 353 g/mol. The Balaban J connectivity index is 1.46. The van der Waals surface area contributed by atoms with E-state index in [1.807, 2.05) is 24.3 Å². The third kappa shape index (κ3) is 3.52. The molecule has 0 bridgehead atoms. The van der Waals surface area contributed by atoms with Gasteiger partial charge >= 0.3 is 0 Å². The Labute approximate surface area is 152 Å². The SMILES string of the molecule is COc1ccc(Cc2n[nH]c3c2CN(Cc2ccc(CO)o2)CC3)cc1. The summed E-state index contributed by atoms with van der Waals surface area (Å²) >= 11 is 0. The standard InChI is InChI=1S/C20H23N3O3/c1-25-15-4-2-14(3-5-15)10-20-18-12-23(9-8-19(18)21-22-20)11-16-6-7-17(13-24)26-16/h2-7,24H,8-13H2,1H3,(H,21,22). The van der Waals surface area contributed by atoms with Gasteiger partial charge in [-0.15, -0.1) is 0 Å². The summed E-state index contributed by atoms with van der Waals surface area (Å²) in [6.07, 6.45) is 1.76. The lowest BCUT2D eigenvalue weighted by Crippen LogP contribution is -2.30. The lowest BCUT2D eigenvalue weighted by molar-refractivity contribution is 0.208. The number of fused-ring (bicyclic) bond motifs is 1. The minimum atomic E-state index is -0.0577. The van der Waals surface area contributed by atoms with Crippen LogP contribution in [0.1, 0.15) is 34.0 Å². The third-order valence-electron chi connectivity index (χ3n) is 4.88. The van der Waals surface area contributed by atoms with Gasteiger partial charge in [-0.05, 0) is 29.8 Å². The van der Waals surface area contributed by atoms with Gasteiger partial charge in [-0.2, -0.15) is 5.10 Å². The zero-order chi connectivity index (χ0) is 17.9. The number of methoxy groups -OCH3 is 1. The van der Waals surface area contributed by atoms with Crippen molar-refractivity contribution in [3.8, 4) is 5.75 Å². The summed E-state index contributed by atoms with van der Waals surface area (Å²) < 4.78 is 10.8. The first-order valence-electron chi connectivity index (χ1n) is 8.84. The number of furan rings is 1. The van der Waals surface area contributed by atoms with Crippen molar-refractivity contribution >= 4 is 0 Å². The van der Waals surface area contributed by atoms with E-state index in [0.717, 1.165) is 49.7 Å². The van der Waals surface area contributed by atoms with Crippen molar-refractivity contribution in [2.24, 2.45) is 0 Å². The Bertz CT molecular complexity index is 867. The van der Waals surface area contributed by atoms with Crippen molar-refractivity contribution in [3.63, 3.8) is 0 Å². The summed E-state index contributed by atoms with van der Waals surface area (Å²) in [5, 5.41) is 16.9. The molecule has 0 amide bonds. The maximum absolute atomic E-state index is 9.14. The van der Waals surface area contributed by atoms with Gasteiger partial charge in [0.15, 0.2) is 0 Å². The van der Waals surface area contributed by atoms with E-state index in [0.29, 0.717) is 5.76 Å². The molecule has 3 heterocycles. The van der Waals surface area contributed by atoms with Crippen LogP contribution in [0.25, 0.3) is 0 Å². The summed E-state index contributed by atoms with van der Waals surface area (Å²) in [5.74, 6) is 2.36. The number of nitrogens with zero attached hydrogens (tertiary/aromatic N) is 2. The number of hydrogen-bond acceptors (Lipinski definition) is 5. The van der Waals surface area contributed by atoms with Gasteiger partial charge in [-0.1, -0.05) is 12.1 Å². The first-order chi connectivity index (χ1) is 12.7. The number of aliphatic hydroxyl groups excluding tert-OH is 1. The molecule has 6 heteroatoms. The number of aromatic nitrogens is 2. The highest BCUT2D eigenvalue weighted by molar-refractivity contribution is 5.34. The molecular formula is C20H23N3O3. The molecule has 2 N–H and O–H groups in total. The van der Waals surface area contributed by atoms with Crippen LogP contribution < -0.4 is 4.74 Å². The number of H-pyrrole nitrogens is 1. The molecule has 0 spiro atoms. The summed E-state index contributed by atoms with van der Waals surface area (Å²) in [5.41, 5.74) is 4.85. The molecule has 6 nitrogen and oxygen atoms in total. The molecule has 0 aliphatic carbocycles. The molecule has 0 radical (unpaired) electrons. The molecule has 3 aromatic rings. The van der Waals surface area contributed by atoms with Crippen molar-refractivity contribution in [1.82, 2.24) is 15.1 Å². The molecule has 1 aliphatic heterocycles. The highest BCUT2D eigenvalue weighted by Crippen LogP contribution is 2.24. The van der Waals surface area contributed by atoms with Crippen LogP contribution in [0.15, 0.2) is 40.8 Å². The molecule has 4 rings (SSSR count). The summed E-state index contributed by atoms with van der Waals surface area (Å²) in [6.45, 7) is 2.50. The zero-order valence-corrected chi connectivity index (χ0v) is 14.9. The van der Waals surface area contributed by atoms with Crippen LogP contribution in [-0.2, 0) is 32.5 Å². The Kier molecular flexibility index (Phi) is 4.77. The Morgan fingerprint density at radius 1 is 1.19 bits per heavy atom. The molecule has 1 aromatic carbocycles. The molecule has 1 aliphatic rings. The van der Waals surface area contributed by atoms with E-state index >= 15 is 0 Å². The van der Waals surface area contributed by atoms with Crippen molar-refractivity contribution in [2.75, 3.05) is 13.7 Å². The van der Waals surface area contributed by atoms with E-state index in [2.05, 4.69) is 27.2 Å². The average molecular weight is 353 g/mol. The van der Waals surface area contributed by atoms with Crippen LogP contribution in [0.2, 0.25) is 0 Å². The Morgan fingerprint density at radius 2 is 2.00 bits per heavy atom. The maximum Gasteiger partial charge on any atom is 0.129 e. The Morgan fingerprint density at radius 3 is 2.73 bits per heavy atom. The Hall–Kier alpha value is -2.57. The third-order valence-corrected chi connectivity index (χ3v) is 4.88. The number of rotatable bonds is 6. The maximum atomic E-state index is 9.14. The van der Waals surface area contributed by atoms with Gasteiger partial charge < -0.3 is 14.3 Å². The normalized spacial score (nSPS) is 14.4. The number of hydrogen-bond donors (Lipinski definition) is 2. The van der Waals surface area contributed by atoms with Crippen LogP contribution in [0.5, 0.6) is 5.75 Å². The first-order valence-corrected chi connectivity index (χ1v) is 8.84. The number of benzene rings is 1. The summed E-state index contributed by atoms with van der Waals surface area (Å²) in [4.78, 5) is 2.36. The van der Waals surface area contributed by atoms with Crippen molar-refractivity contribution in [1.29, 1.82) is 0 Å². The van der Waals surface area contributed by atoms with E-state index < -0.39 is 0 Å². The fraction of sp³-hybridized carbons (Fsp3) is 0.350. The minimum absolute atomic E-state index is 0.0577. The molecule has 26 heavy (non-hydrogen) atoms. The van der Waals surface area contributed by atoms with Gasteiger partial charge in [-0.25, -0.2) is 0 Å². The molecule has 0 saturated heterocycles. The number of aromatic amines is 1. The summed E-state index contributed by atoms with van der Waals surface area (Å²) in [7, 11) is 1.68. The lowest BCUT2D eigenvalue weighted by atomic mass is 10.0. The predicted octanol–water partition coefficient (Wildman–Crippen LogP) is 2.65. The van der Waals surface area contributed by atoms with Gasteiger partial charge in [-0.3, -0.25) is 10.00 Å².